The average Bonchev–Trinajstić information content (AvgIpc) is 2.78. The number of amides is 2. The summed E-state index contributed by atoms with van der Waals surface area (Å²) < 4.78 is 13.5. The van der Waals surface area contributed by atoms with Gasteiger partial charge in [-0.15, -0.1) is 0 Å². The lowest BCUT2D eigenvalue weighted by Crippen LogP contribution is -2.43. The maximum Gasteiger partial charge on any atom is 0.321 e. The van der Waals surface area contributed by atoms with E-state index in [0.29, 0.717) is 18.2 Å². The number of carbonyl (C=O) groups excluding carboxylic acids is 1. The first kappa shape index (κ1) is 26.7. The summed E-state index contributed by atoms with van der Waals surface area (Å²) in [5.41, 5.74) is 1.50. The van der Waals surface area contributed by atoms with Gasteiger partial charge in [0, 0.05) is 38.6 Å². The molecule has 1 fully saturated rings. The summed E-state index contributed by atoms with van der Waals surface area (Å²) in [4.78, 5) is 23.2. The van der Waals surface area contributed by atoms with Crippen molar-refractivity contribution in [3.05, 3.63) is 29.6 Å². The smallest absolute Gasteiger partial charge is 0.321 e. The highest BCUT2D eigenvalue weighted by atomic mass is 32.1. The first-order valence-corrected chi connectivity index (χ1v) is 12.1. The molecular weight excluding hydrogens is 439 g/mol. The van der Waals surface area contributed by atoms with Crippen molar-refractivity contribution in [3.8, 4) is 0 Å². The molecule has 1 aliphatic rings. The van der Waals surface area contributed by atoms with Crippen LogP contribution in [0.25, 0.3) is 0 Å². The van der Waals surface area contributed by atoms with Crippen LogP contribution in [0.3, 0.4) is 0 Å². The monoisotopic (exact) mass is 476 g/mol. The Balaban J connectivity index is 1.70. The van der Waals surface area contributed by atoms with Crippen LogP contribution < -0.4 is 16.0 Å². The van der Waals surface area contributed by atoms with Gasteiger partial charge in [0.1, 0.15) is 5.82 Å². The quantitative estimate of drug-likeness (QED) is 0.297. The Morgan fingerprint density at radius 3 is 2.70 bits per heavy atom. The number of nitrogens with zero attached hydrogens (tertiary/aromatic N) is 3. The summed E-state index contributed by atoms with van der Waals surface area (Å²) in [5.74, 6) is 1.18. The Labute approximate surface area is 202 Å². The number of guanidine groups is 1. The molecule has 33 heavy (non-hydrogen) atoms. The summed E-state index contributed by atoms with van der Waals surface area (Å²) in [7, 11) is 1.78. The number of halogens is 1. The third kappa shape index (κ3) is 9.07. The topological polar surface area (TPSA) is 81.1 Å². The van der Waals surface area contributed by atoms with Crippen LogP contribution >= 0.6 is 12.2 Å². The second-order valence-corrected chi connectivity index (χ2v) is 8.97. The van der Waals surface area contributed by atoms with Crippen molar-refractivity contribution in [2.45, 2.75) is 58.8 Å². The molecule has 2 rings (SSSR count). The van der Waals surface area contributed by atoms with E-state index < -0.39 is 0 Å². The number of urea groups is 1. The van der Waals surface area contributed by atoms with E-state index in [1.165, 1.54) is 12.1 Å². The Kier molecular flexibility index (Phi) is 11.2. The van der Waals surface area contributed by atoms with E-state index in [1.54, 1.807) is 13.1 Å². The van der Waals surface area contributed by atoms with E-state index in [2.05, 4.69) is 37.8 Å². The zero-order valence-corrected chi connectivity index (χ0v) is 21.0. The van der Waals surface area contributed by atoms with Gasteiger partial charge in [-0.1, -0.05) is 27.2 Å². The highest BCUT2D eigenvalue weighted by Crippen LogP contribution is 2.25. The largest absolute Gasteiger partial charge is 0.341 e. The normalized spacial score (nSPS) is 15.2. The second kappa shape index (κ2) is 13.9. The van der Waals surface area contributed by atoms with Gasteiger partial charge in [-0.3, -0.25) is 10.3 Å². The van der Waals surface area contributed by atoms with Crippen LogP contribution in [0.1, 0.15) is 64.4 Å². The van der Waals surface area contributed by atoms with Gasteiger partial charge in [-0.05, 0) is 73.5 Å². The zero-order valence-electron chi connectivity index (χ0n) is 20.2. The Bertz CT molecular complexity index is 849. The molecule has 0 spiro atoms. The van der Waals surface area contributed by atoms with Crippen LogP contribution in [-0.4, -0.2) is 54.9 Å². The lowest BCUT2D eigenvalue weighted by molar-refractivity contribution is 0.237. The number of unbranched alkanes of at least 4 members (excludes halogenated alkanes) is 1. The molecule has 0 unspecified atom stereocenters. The molecule has 0 atom stereocenters. The van der Waals surface area contributed by atoms with Crippen molar-refractivity contribution >= 4 is 41.2 Å². The molecule has 0 saturated carbocycles. The molecule has 0 aliphatic carbocycles. The van der Waals surface area contributed by atoms with Crippen molar-refractivity contribution in [1.82, 2.24) is 15.5 Å². The molecule has 1 aromatic carbocycles. The molecule has 1 aromatic rings. The zero-order chi connectivity index (χ0) is 24.2. The number of thiocarbonyl (C=S) groups is 1. The number of aliphatic imine (C=N–C) groups is 2. The summed E-state index contributed by atoms with van der Waals surface area (Å²) in [6.07, 6.45) is 6.99. The lowest BCUT2D eigenvalue weighted by atomic mass is 9.94. The standard InChI is InChI=1S/C24H37FN6OS/c1-5-6-12-27-22(26-4)31-14-10-18(11-15-31)9-13-28-23(32)30-24(33)29-21-8-7-19(25)16-20(21)17(2)3/h7-8,12,16-18H,5-6,9-11,13-15H2,1-4H3,(H3,28,29,30,32,33)/b26-22+,27-12-. The Hall–Kier alpha value is -2.55. The number of carbonyl (C=O) groups is 1. The van der Waals surface area contributed by atoms with Crippen molar-refractivity contribution in [1.29, 1.82) is 0 Å². The van der Waals surface area contributed by atoms with E-state index in [4.69, 9.17) is 12.2 Å². The van der Waals surface area contributed by atoms with Crippen LogP contribution in [0.5, 0.6) is 0 Å². The van der Waals surface area contributed by atoms with Crippen molar-refractivity contribution in [2.24, 2.45) is 15.9 Å². The predicted molar refractivity (Wildman–Crippen MR) is 139 cm³/mol. The first-order valence-electron chi connectivity index (χ1n) is 11.7. The maximum atomic E-state index is 13.5. The first-order chi connectivity index (χ1) is 15.8. The number of hydrogen-bond acceptors (Lipinski definition) is 3. The van der Waals surface area contributed by atoms with Crippen molar-refractivity contribution in [3.63, 3.8) is 0 Å². The molecule has 7 nitrogen and oxygen atoms in total. The molecule has 0 aromatic heterocycles. The van der Waals surface area contributed by atoms with Crippen LogP contribution in [0, 0.1) is 11.7 Å². The number of rotatable bonds is 7. The van der Waals surface area contributed by atoms with Gasteiger partial charge in [-0.25, -0.2) is 14.2 Å². The van der Waals surface area contributed by atoms with Crippen LogP contribution in [0.2, 0.25) is 0 Å². The van der Waals surface area contributed by atoms with Gasteiger partial charge >= 0.3 is 6.03 Å². The molecule has 0 radical (unpaired) electrons. The van der Waals surface area contributed by atoms with E-state index in [0.717, 1.165) is 56.7 Å². The fourth-order valence-corrected chi connectivity index (χ4v) is 4.00. The van der Waals surface area contributed by atoms with Crippen LogP contribution in [0.15, 0.2) is 28.2 Å². The van der Waals surface area contributed by atoms with Gasteiger partial charge in [0.25, 0.3) is 0 Å². The van der Waals surface area contributed by atoms with Gasteiger partial charge in [0.2, 0.25) is 5.96 Å². The molecule has 1 heterocycles. The number of nitrogens with one attached hydrogen (secondary N) is 3. The van der Waals surface area contributed by atoms with Gasteiger partial charge < -0.3 is 15.5 Å². The predicted octanol–water partition coefficient (Wildman–Crippen LogP) is 4.90. The average molecular weight is 477 g/mol. The third-order valence-corrected chi connectivity index (χ3v) is 5.88. The molecule has 1 saturated heterocycles. The Morgan fingerprint density at radius 1 is 1.33 bits per heavy atom. The van der Waals surface area contributed by atoms with Crippen LogP contribution in [-0.2, 0) is 0 Å². The third-order valence-electron chi connectivity index (χ3n) is 5.67. The number of benzene rings is 1. The van der Waals surface area contributed by atoms with E-state index in [9.17, 15) is 9.18 Å². The minimum absolute atomic E-state index is 0.120. The summed E-state index contributed by atoms with van der Waals surface area (Å²) >= 11 is 5.25. The lowest BCUT2D eigenvalue weighted by Gasteiger charge is -2.32. The van der Waals surface area contributed by atoms with Crippen molar-refractivity contribution < 1.29 is 9.18 Å². The molecule has 182 valence electrons. The molecule has 9 heteroatoms. The van der Waals surface area contributed by atoms with E-state index in [-0.39, 0.29) is 22.9 Å². The summed E-state index contributed by atoms with van der Waals surface area (Å²) in [5, 5.41) is 8.69. The molecule has 0 bridgehead atoms. The van der Waals surface area contributed by atoms with Crippen LogP contribution in [0.4, 0.5) is 14.9 Å². The van der Waals surface area contributed by atoms with E-state index in [1.807, 2.05) is 20.1 Å². The maximum absolute atomic E-state index is 13.5. The molecular formula is C24H37FN6OS. The number of likely N-dealkylation sites (tertiary alicyclic amines) is 1. The Morgan fingerprint density at radius 2 is 2.06 bits per heavy atom. The molecule has 3 N–H and O–H groups in total. The van der Waals surface area contributed by atoms with E-state index >= 15 is 0 Å². The SMILES string of the molecule is CCC/C=N\C(=N/C)N1CCC(CCNC(=O)NC(=S)Nc2ccc(F)cc2C(C)C)CC1. The fourth-order valence-electron chi connectivity index (χ4n) is 3.79. The highest BCUT2D eigenvalue weighted by molar-refractivity contribution is 7.80. The second-order valence-electron chi connectivity index (χ2n) is 8.56. The summed E-state index contributed by atoms with van der Waals surface area (Å²) in [6, 6.07) is 4.14. The number of piperidine rings is 1. The number of hydrogen-bond donors (Lipinski definition) is 3. The summed E-state index contributed by atoms with van der Waals surface area (Å²) in [6.45, 7) is 8.52. The van der Waals surface area contributed by atoms with Gasteiger partial charge in [-0.2, -0.15) is 0 Å². The molecule has 2 amide bonds. The van der Waals surface area contributed by atoms with Crippen molar-refractivity contribution in [2.75, 3.05) is 32.0 Å². The number of anilines is 1. The minimum atomic E-state index is -0.344. The highest BCUT2D eigenvalue weighted by Gasteiger charge is 2.21. The molecule has 1 aliphatic heterocycles. The van der Waals surface area contributed by atoms with Gasteiger partial charge in [0.05, 0.1) is 0 Å². The fraction of sp³-hybridized carbons (Fsp3) is 0.583. The minimum Gasteiger partial charge on any atom is -0.341 e. The van der Waals surface area contributed by atoms with Gasteiger partial charge in [0.15, 0.2) is 5.11 Å².